The van der Waals surface area contributed by atoms with Crippen molar-refractivity contribution in [3.05, 3.63) is 131 Å². The Bertz CT molecular complexity index is 2150. The molecule has 0 atom stereocenters. The normalized spacial score (nSPS) is 12.8. The van der Waals surface area contributed by atoms with Crippen LogP contribution in [-0.2, 0) is 17.7 Å². The molecular weight excluding hydrogens is 633 g/mol. The summed E-state index contributed by atoms with van der Waals surface area (Å²) in [6, 6.07) is 33.0. The van der Waals surface area contributed by atoms with E-state index in [-0.39, 0.29) is 11.6 Å². The van der Waals surface area contributed by atoms with Gasteiger partial charge in [-0.25, -0.2) is 14.8 Å². The number of nitrogens with zero attached hydrogens (tertiary/aromatic N) is 3. The maximum atomic E-state index is 13.6. The number of rotatable bonds is 7. The molecule has 1 amide bonds. The molecule has 7 rings (SSSR count). The summed E-state index contributed by atoms with van der Waals surface area (Å²) in [7, 11) is 0. The molecule has 1 aliphatic rings. The van der Waals surface area contributed by atoms with Crippen LogP contribution in [0.5, 0.6) is 11.5 Å². The van der Waals surface area contributed by atoms with E-state index in [0.717, 1.165) is 44.6 Å². The molecule has 1 aliphatic heterocycles. The molecule has 3 heterocycles. The Kier molecular flexibility index (Phi) is 8.60. The molecule has 0 spiro atoms. The summed E-state index contributed by atoms with van der Waals surface area (Å²) in [6.45, 7) is 8.67. The SMILES string of the molecule is Cc1ccccc1Oc1ccc(-c2ccc(N3CCc4cccc(C(=O)Nc5nc6ccccc6s5)c4C3)nc2C(=O)OC(C)(C)C)cc1. The fraction of sp³-hybridized carbons (Fsp3) is 0.200. The smallest absolute Gasteiger partial charge is 0.358 e. The number of benzene rings is 4. The third-order valence-corrected chi connectivity index (χ3v) is 9.27. The van der Waals surface area contributed by atoms with Crippen LogP contribution in [0.25, 0.3) is 21.3 Å². The predicted octanol–water partition coefficient (Wildman–Crippen LogP) is 9.23. The molecule has 0 unspecified atom stereocenters. The molecule has 0 radical (unpaired) electrons. The highest BCUT2D eigenvalue weighted by atomic mass is 32.1. The zero-order valence-electron chi connectivity index (χ0n) is 27.8. The summed E-state index contributed by atoms with van der Waals surface area (Å²) in [6.07, 6.45) is 0.727. The Morgan fingerprint density at radius 3 is 2.41 bits per heavy atom. The number of fused-ring (bicyclic) bond motifs is 2. The Morgan fingerprint density at radius 1 is 0.857 bits per heavy atom. The van der Waals surface area contributed by atoms with Gasteiger partial charge in [-0.05, 0) is 105 Å². The molecule has 4 aromatic carbocycles. The van der Waals surface area contributed by atoms with Crippen molar-refractivity contribution in [3.63, 3.8) is 0 Å². The quantitative estimate of drug-likeness (QED) is 0.170. The molecule has 9 heteroatoms. The van der Waals surface area contributed by atoms with Crippen LogP contribution in [0.15, 0.2) is 103 Å². The molecule has 0 aliphatic carbocycles. The molecule has 0 saturated carbocycles. The minimum absolute atomic E-state index is 0.203. The first kappa shape index (κ1) is 32.0. The summed E-state index contributed by atoms with van der Waals surface area (Å²) in [5.41, 5.74) is 5.54. The fourth-order valence-corrected chi connectivity index (χ4v) is 6.78. The first-order chi connectivity index (χ1) is 23.6. The lowest BCUT2D eigenvalue weighted by molar-refractivity contribution is 0.00638. The van der Waals surface area contributed by atoms with E-state index in [1.54, 1.807) is 0 Å². The molecule has 8 nitrogen and oxygen atoms in total. The van der Waals surface area contributed by atoms with Crippen LogP contribution < -0.4 is 15.0 Å². The van der Waals surface area contributed by atoms with Crippen LogP contribution in [0.3, 0.4) is 0 Å². The lowest BCUT2D eigenvalue weighted by atomic mass is 9.94. The van der Waals surface area contributed by atoms with E-state index >= 15 is 0 Å². The summed E-state index contributed by atoms with van der Waals surface area (Å²) in [5, 5.41) is 3.57. The zero-order valence-corrected chi connectivity index (χ0v) is 28.6. The molecule has 1 N–H and O–H groups in total. The second-order valence-corrected chi connectivity index (χ2v) is 14.0. The monoisotopic (exact) mass is 668 g/mol. The largest absolute Gasteiger partial charge is 0.457 e. The highest BCUT2D eigenvalue weighted by Crippen LogP contribution is 2.33. The van der Waals surface area contributed by atoms with Gasteiger partial charge in [0.1, 0.15) is 22.9 Å². The molecule has 246 valence electrons. The van der Waals surface area contributed by atoms with Crippen molar-refractivity contribution in [3.8, 4) is 22.6 Å². The minimum atomic E-state index is -0.702. The molecule has 0 bridgehead atoms. The van der Waals surface area contributed by atoms with Crippen LogP contribution in [0.1, 0.15) is 58.3 Å². The zero-order chi connectivity index (χ0) is 34.1. The number of amides is 1. The number of para-hydroxylation sites is 2. The first-order valence-electron chi connectivity index (χ1n) is 16.2. The van der Waals surface area contributed by atoms with Gasteiger partial charge in [0.05, 0.1) is 10.2 Å². The van der Waals surface area contributed by atoms with Gasteiger partial charge in [-0.1, -0.05) is 65.9 Å². The van der Waals surface area contributed by atoms with E-state index in [4.69, 9.17) is 14.5 Å². The molecular formula is C40H36N4O4S. The fourth-order valence-electron chi connectivity index (χ4n) is 5.92. The van der Waals surface area contributed by atoms with E-state index in [9.17, 15) is 9.59 Å². The second kappa shape index (κ2) is 13.2. The average Bonchev–Trinajstić information content (AvgIpc) is 3.50. The van der Waals surface area contributed by atoms with Gasteiger partial charge in [0.25, 0.3) is 5.91 Å². The molecule has 6 aromatic rings. The van der Waals surface area contributed by atoms with E-state index in [1.807, 2.05) is 125 Å². The van der Waals surface area contributed by atoms with E-state index in [1.165, 1.54) is 11.3 Å². The number of carbonyl (C=O) groups excluding carboxylic acids is 2. The summed E-state index contributed by atoms with van der Waals surface area (Å²) in [5.74, 6) is 1.41. The second-order valence-electron chi connectivity index (χ2n) is 13.0. The number of aromatic nitrogens is 2. The maximum Gasteiger partial charge on any atom is 0.358 e. The number of hydrogen-bond donors (Lipinski definition) is 1. The lowest BCUT2D eigenvalue weighted by Crippen LogP contribution is -2.33. The van der Waals surface area contributed by atoms with Gasteiger partial charge < -0.3 is 14.4 Å². The van der Waals surface area contributed by atoms with Gasteiger partial charge in [-0.3, -0.25) is 10.1 Å². The van der Waals surface area contributed by atoms with Crippen molar-refractivity contribution in [1.82, 2.24) is 9.97 Å². The Hall–Kier alpha value is -5.54. The number of thiazole rings is 1. The summed E-state index contributed by atoms with van der Waals surface area (Å²) < 4.78 is 12.9. The van der Waals surface area contributed by atoms with Gasteiger partial charge in [0, 0.05) is 24.2 Å². The van der Waals surface area contributed by atoms with Gasteiger partial charge in [0.2, 0.25) is 0 Å². The summed E-state index contributed by atoms with van der Waals surface area (Å²) >= 11 is 1.45. The number of nitrogens with one attached hydrogen (secondary N) is 1. The third-order valence-electron chi connectivity index (χ3n) is 8.32. The van der Waals surface area contributed by atoms with Crippen molar-refractivity contribution in [2.45, 2.75) is 46.3 Å². The topological polar surface area (TPSA) is 93.6 Å². The lowest BCUT2D eigenvalue weighted by Gasteiger charge is -2.31. The highest BCUT2D eigenvalue weighted by Gasteiger charge is 2.27. The maximum absolute atomic E-state index is 13.6. The van der Waals surface area contributed by atoms with E-state index < -0.39 is 11.6 Å². The first-order valence-corrected chi connectivity index (χ1v) is 17.0. The van der Waals surface area contributed by atoms with Crippen molar-refractivity contribution >= 4 is 44.4 Å². The van der Waals surface area contributed by atoms with Crippen molar-refractivity contribution in [1.29, 1.82) is 0 Å². The van der Waals surface area contributed by atoms with Gasteiger partial charge in [-0.2, -0.15) is 0 Å². The highest BCUT2D eigenvalue weighted by molar-refractivity contribution is 7.22. The van der Waals surface area contributed by atoms with Gasteiger partial charge in [0.15, 0.2) is 10.8 Å². The number of aryl methyl sites for hydroxylation is 1. The van der Waals surface area contributed by atoms with Crippen LogP contribution in [0.2, 0.25) is 0 Å². The number of carbonyl (C=O) groups is 2. The summed E-state index contributed by atoms with van der Waals surface area (Å²) in [4.78, 5) is 38.8. The third kappa shape index (κ3) is 7.03. The molecule has 0 fully saturated rings. The van der Waals surface area contributed by atoms with E-state index in [2.05, 4.69) is 21.3 Å². The number of anilines is 2. The Labute approximate surface area is 289 Å². The van der Waals surface area contributed by atoms with Crippen molar-refractivity contribution in [2.75, 3.05) is 16.8 Å². The number of hydrogen-bond acceptors (Lipinski definition) is 8. The number of ether oxygens (including phenoxy) is 2. The van der Waals surface area contributed by atoms with Crippen LogP contribution >= 0.6 is 11.3 Å². The Balaban J connectivity index is 1.17. The van der Waals surface area contributed by atoms with Crippen LogP contribution in [0, 0.1) is 6.92 Å². The molecule has 49 heavy (non-hydrogen) atoms. The Morgan fingerprint density at radius 2 is 1.63 bits per heavy atom. The number of esters is 1. The molecule has 2 aromatic heterocycles. The van der Waals surface area contributed by atoms with Crippen molar-refractivity contribution < 1.29 is 19.1 Å². The van der Waals surface area contributed by atoms with E-state index in [0.29, 0.717) is 40.9 Å². The van der Waals surface area contributed by atoms with Gasteiger partial charge in [-0.15, -0.1) is 0 Å². The van der Waals surface area contributed by atoms with Crippen LogP contribution in [-0.4, -0.2) is 34.0 Å². The predicted molar refractivity (Wildman–Crippen MR) is 195 cm³/mol. The van der Waals surface area contributed by atoms with Crippen molar-refractivity contribution in [2.24, 2.45) is 0 Å². The van der Waals surface area contributed by atoms with Crippen LogP contribution in [0.4, 0.5) is 10.9 Å². The number of pyridine rings is 1. The average molecular weight is 669 g/mol. The molecule has 0 saturated heterocycles. The standard InChI is InChI=1S/C40H36N4O4S/c1-25-10-5-7-14-33(25)47-28-18-16-27(17-19-28)29-20-21-35(42-36(29)38(46)48-40(2,3)4)44-23-22-26-11-9-12-30(31(26)24-44)37(45)43-39-41-32-13-6-8-15-34(32)49-39/h5-21H,22-24H2,1-4H3,(H,41,43,45). The minimum Gasteiger partial charge on any atom is -0.457 e. The van der Waals surface area contributed by atoms with Gasteiger partial charge >= 0.3 is 5.97 Å².